The first-order valence-corrected chi connectivity index (χ1v) is 4.62. The summed E-state index contributed by atoms with van der Waals surface area (Å²) in [7, 11) is -0.109. The van der Waals surface area contributed by atoms with Gasteiger partial charge in [-0.2, -0.15) is 0 Å². The zero-order valence-corrected chi connectivity index (χ0v) is 9.13. The lowest BCUT2D eigenvalue weighted by atomic mass is 9.80. The van der Waals surface area contributed by atoms with Crippen molar-refractivity contribution in [3.8, 4) is 5.75 Å². The number of hydrogen-bond acceptors (Lipinski definition) is 3. The second kappa shape index (κ2) is 4.33. The van der Waals surface area contributed by atoms with Gasteiger partial charge < -0.3 is 14.8 Å². The molecule has 0 fully saturated rings. The van der Waals surface area contributed by atoms with Crippen molar-refractivity contribution in [3.05, 3.63) is 21.6 Å². The van der Waals surface area contributed by atoms with E-state index in [0.29, 0.717) is 10.2 Å². The van der Waals surface area contributed by atoms with Gasteiger partial charge in [0.1, 0.15) is 5.75 Å². The Balaban J connectivity index is 3.25. The molecular formula is C7H7BBrClO3. The second-order valence-corrected chi connectivity index (χ2v) is 3.62. The first-order valence-electron chi connectivity index (χ1n) is 3.45. The predicted octanol–water partition coefficient (Wildman–Crippen LogP) is 0.791. The minimum absolute atomic E-state index is 0.216. The molecule has 0 saturated heterocycles. The summed E-state index contributed by atoms with van der Waals surface area (Å²) >= 11 is 8.97. The van der Waals surface area contributed by atoms with Gasteiger partial charge in [0.2, 0.25) is 0 Å². The van der Waals surface area contributed by atoms with Crippen LogP contribution in [0.25, 0.3) is 0 Å². The van der Waals surface area contributed by atoms with Crippen LogP contribution in [-0.4, -0.2) is 24.3 Å². The van der Waals surface area contributed by atoms with Gasteiger partial charge in [0, 0.05) is 9.94 Å². The van der Waals surface area contributed by atoms with Crippen molar-refractivity contribution in [2.45, 2.75) is 0 Å². The van der Waals surface area contributed by atoms with Gasteiger partial charge in [0.25, 0.3) is 0 Å². The average molecular weight is 265 g/mol. The standard InChI is InChI=1S/C7H7BBrClO3/c1-13-4-2-5(8(11)12)7(10)6(9)3-4/h2-3,11-12H,1H3. The molecule has 0 bridgehead atoms. The average Bonchev–Trinajstić information content (AvgIpc) is 2.09. The number of methoxy groups -OCH3 is 1. The Morgan fingerprint density at radius 1 is 1.46 bits per heavy atom. The van der Waals surface area contributed by atoms with E-state index < -0.39 is 7.12 Å². The number of rotatable bonds is 2. The zero-order valence-electron chi connectivity index (χ0n) is 6.79. The lowest BCUT2D eigenvalue weighted by Crippen LogP contribution is -2.31. The molecule has 0 aromatic heterocycles. The third kappa shape index (κ3) is 2.37. The van der Waals surface area contributed by atoms with Gasteiger partial charge in [-0.3, -0.25) is 0 Å². The minimum Gasteiger partial charge on any atom is -0.497 e. The summed E-state index contributed by atoms with van der Waals surface area (Å²) in [6.07, 6.45) is 0. The summed E-state index contributed by atoms with van der Waals surface area (Å²) in [4.78, 5) is 0. The molecule has 1 aromatic rings. The fraction of sp³-hybridized carbons (Fsp3) is 0.143. The van der Waals surface area contributed by atoms with Crippen molar-refractivity contribution in [3.63, 3.8) is 0 Å². The van der Waals surface area contributed by atoms with E-state index in [9.17, 15) is 0 Å². The maximum absolute atomic E-state index is 8.94. The number of halogens is 2. The van der Waals surface area contributed by atoms with E-state index in [-0.39, 0.29) is 10.5 Å². The molecule has 0 aliphatic rings. The van der Waals surface area contributed by atoms with Crippen molar-refractivity contribution < 1.29 is 14.8 Å². The lowest BCUT2D eigenvalue weighted by molar-refractivity contribution is 0.412. The summed E-state index contributed by atoms with van der Waals surface area (Å²) in [5.41, 5.74) is 0.216. The monoisotopic (exact) mass is 264 g/mol. The molecule has 0 spiro atoms. The molecule has 0 radical (unpaired) electrons. The van der Waals surface area contributed by atoms with E-state index in [2.05, 4.69) is 15.9 Å². The molecule has 0 saturated carbocycles. The largest absolute Gasteiger partial charge is 0.497 e. The first kappa shape index (κ1) is 10.9. The number of benzene rings is 1. The zero-order chi connectivity index (χ0) is 10.0. The highest BCUT2D eigenvalue weighted by Crippen LogP contribution is 2.25. The molecule has 0 unspecified atom stereocenters. The van der Waals surface area contributed by atoms with Gasteiger partial charge in [-0.05, 0) is 28.1 Å². The Labute approximate surface area is 89.6 Å². The van der Waals surface area contributed by atoms with Crippen LogP contribution in [0.3, 0.4) is 0 Å². The molecule has 70 valence electrons. The summed E-state index contributed by atoms with van der Waals surface area (Å²) in [6, 6.07) is 3.12. The van der Waals surface area contributed by atoms with Crippen LogP contribution in [0.1, 0.15) is 0 Å². The summed E-state index contributed by atoms with van der Waals surface area (Å²) < 4.78 is 5.50. The highest BCUT2D eigenvalue weighted by Gasteiger charge is 2.18. The van der Waals surface area contributed by atoms with Crippen LogP contribution in [0.4, 0.5) is 0 Å². The van der Waals surface area contributed by atoms with Gasteiger partial charge in [0.05, 0.1) is 12.1 Å². The van der Waals surface area contributed by atoms with Crippen LogP contribution in [0.5, 0.6) is 5.75 Å². The quantitative estimate of drug-likeness (QED) is 0.777. The minimum atomic E-state index is -1.60. The fourth-order valence-corrected chi connectivity index (χ4v) is 1.55. The van der Waals surface area contributed by atoms with Crippen molar-refractivity contribution in [1.82, 2.24) is 0 Å². The molecule has 3 nitrogen and oxygen atoms in total. The van der Waals surface area contributed by atoms with Crippen molar-refractivity contribution in [1.29, 1.82) is 0 Å². The van der Waals surface area contributed by atoms with E-state index in [1.807, 2.05) is 0 Å². The molecule has 0 heterocycles. The molecule has 1 aromatic carbocycles. The number of ether oxygens (including phenoxy) is 1. The molecule has 1 rings (SSSR count). The van der Waals surface area contributed by atoms with Crippen molar-refractivity contribution in [2.75, 3.05) is 7.11 Å². The second-order valence-electron chi connectivity index (χ2n) is 2.39. The van der Waals surface area contributed by atoms with Gasteiger partial charge >= 0.3 is 7.12 Å². The van der Waals surface area contributed by atoms with Crippen molar-refractivity contribution >= 4 is 40.1 Å². The molecule has 6 heteroatoms. The molecular weight excluding hydrogens is 258 g/mol. The Kier molecular flexibility index (Phi) is 3.61. The maximum atomic E-state index is 8.94. The van der Waals surface area contributed by atoms with Gasteiger partial charge in [0.15, 0.2) is 0 Å². The van der Waals surface area contributed by atoms with Crippen LogP contribution >= 0.6 is 27.5 Å². The third-order valence-electron chi connectivity index (χ3n) is 1.54. The van der Waals surface area contributed by atoms with Crippen LogP contribution in [0.15, 0.2) is 16.6 Å². The summed E-state index contributed by atoms with van der Waals surface area (Å²) in [6.45, 7) is 0. The van der Waals surface area contributed by atoms with E-state index in [1.165, 1.54) is 13.2 Å². The Hall–Kier alpha value is -0.225. The Morgan fingerprint density at radius 2 is 2.08 bits per heavy atom. The van der Waals surface area contributed by atoms with Gasteiger partial charge in [-0.15, -0.1) is 0 Å². The molecule has 0 aliphatic carbocycles. The summed E-state index contributed by atoms with van der Waals surface area (Å²) in [5.74, 6) is 0.513. The first-order chi connectivity index (χ1) is 6.06. The van der Waals surface area contributed by atoms with Crippen LogP contribution < -0.4 is 10.2 Å². The Morgan fingerprint density at radius 3 is 2.54 bits per heavy atom. The van der Waals surface area contributed by atoms with Crippen LogP contribution in [-0.2, 0) is 0 Å². The highest BCUT2D eigenvalue weighted by atomic mass is 79.9. The fourth-order valence-electron chi connectivity index (χ4n) is 0.890. The van der Waals surface area contributed by atoms with E-state index in [0.717, 1.165) is 0 Å². The molecule has 2 N–H and O–H groups in total. The van der Waals surface area contributed by atoms with Crippen LogP contribution in [0.2, 0.25) is 5.02 Å². The molecule has 0 aliphatic heterocycles. The SMILES string of the molecule is COc1cc(Br)c(Cl)c(B(O)O)c1. The molecule has 0 atom stereocenters. The highest BCUT2D eigenvalue weighted by molar-refractivity contribution is 9.10. The van der Waals surface area contributed by atoms with Crippen molar-refractivity contribution in [2.24, 2.45) is 0 Å². The van der Waals surface area contributed by atoms with E-state index in [1.54, 1.807) is 6.07 Å². The van der Waals surface area contributed by atoms with Gasteiger partial charge in [-0.25, -0.2) is 0 Å². The summed E-state index contributed by atoms with van der Waals surface area (Å²) in [5, 5.41) is 18.2. The predicted molar refractivity (Wildman–Crippen MR) is 55.5 cm³/mol. The number of hydrogen-bond donors (Lipinski definition) is 2. The molecule has 0 amide bonds. The Bertz CT molecular complexity index is 319. The smallest absolute Gasteiger partial charge is 0.490 e. The maximum Gasteiger partial charge on any atom is 0.490 e. The molecule has 13 heavy (non-hydrogen) atoms. The lowest BCUT2D eigenvalue weighted by Gasteiger charge is -2.07. The van der Waals surface area contributed by atoms with E-state index in [4.69, 9.17) is 26.4 Å². The third-order valence-corrected chi connectivity index (χ3v) is 2.82. The van der Waals surface area contributed by atoms with Crippen LogP contribution in [0, 0.1) is 0 Å². The van der Waals surface area contributed by atoms with E-state index >= 15 is 0 Å². The topological polar surface area (TPSA) is 49.7 Å². The normalized spacial score (nSPS) is 9.92. The van der Waals surface area contributed by atoms with Gasteiger partial charge in [-0.1, -0.05) is 11.6 Å².